The number of aromatic nitrogens is 4. The summed E-state index contributed by atoms with van der Waals surface area (Å²) < 4.78 is 43.1. The highest BCUT2D eigenvalue weighted by Gasteiger charge is 2.56. The molecule has 2 aromatic heterocycles. The summed E-state index contributed by atoms with van der Waals surface area (Å²) in [5, 5.41) is 17.5. The van der Waals surface area contributed by atoms with Gasteiger partial charge in [0, 0.05) is 50.7 Å². The molecule has 0 radical (unpaired) electrons. The van der Waals surface area contributed by atoms with E-state index in [0.717, 1.165) is 17.0 Å². The van der Waals surface area contributed by atoms with E-state index in [0.29, 0.717) is 6.54 Å². The van der Waals surface area contributed by atoms with E-state index in [4.69, 9.17) is 0 Å². The first-order valence-electron chi connectivity index (χ1n) is 7.54. The van der Waals surface area contributed by atoms with Crippen LogP contribution in [-0.4, -0.2) is 37.2 Å². The Labute approximate surface area is 138 Å². The van der Waals surface area contributed by atoms with Crippen LogP contribution in [0.3, 0.4) is 0 Å². The summed E-state index contributed by atoms with van der Waals surface area (Å²) >= 11 is 0. The van der Waals surface area contributed by atoms with Crippen LogP contribution in [-0.2, 0) is 26.2 Å². The Morgan fingerprint density at radius 1 is 1.25 bits per heavy atom. The van der Waals surface area contributed by atoms with Crippen molar-refractivity contribution in [2.75, 3.05) is 6.54 Å². The van der Waals surface area contributed by atoms with Crippen LogP contribution >= 0.6 is 0 Å². The van der Waals surface area contributed by atoms with E-state index in [1.807, 2.05) is 20.9 Å². The number of halogens is 3. The van der Waals surface area contributed by atoms with E-state index in [1.54, 1.807) is 4.68 Å². The molecule has 0 saturated carbocycles. The average molecular weight is 345 g/mol. The third kappa shape index (κ3) is 3.32. The Morgan fingerprint density at radius 3 is 2.38 bits per heavy atom. The van der Waals surface area contributed by atoms with Crippen LogP contribution in [0.4, 0.5) is 13.2 Å². The van der Waals surface area contributed by atoms with Gasteiger partial charge in [-0.3, -0.25) is 4.68 Å². The standard InChI is InChI=1S/C15H22F3N5O/c1-10-12(11(2)23(4)21-10)9-19-6-5-14(24,15(16,17)18)13-20-7-8-22(13)3/h7-8,19,24H,5-6,9H2,1-4H3. The highest BCUT2D eigenvalue weighted by Crippen LogP contribution is 2.40. The van der Waals surface area contributed by atoms with Gasteiger partial charge in [-0.1, -0.05) is 0 Å². The van der Waals surface area contributed by atoms with Gasteiger partial charge in [0.05, 0.1) is 5.69 Å². The third-order valence-electron chi connectivity index (χ3n) is 4.28. The van der Waals surface area contributed by atoms with Crippen molar-refractivity contribution in [2.45, 2.75) is 38.6 Å². The molecule has 0 aliphatic heterocycles. The number of rotatable bonds is 6. The molecule has 1 atom stereocenters. The molecule has 0 aliphatic carbocycles. The first kappa shape index (κ1) is 18.5. The molecule has 0 aromatic carbocycles. The van der Waals surface area contributed by atoms with Gasteiger partial charge in [0.15, 0.2) is 0 Å². The van der Waals surface area contributed by atoms with Crippen molar-refractivity contribution >= 4 is 0 Å². The Kier molecular flexibility index (Phi) is 5.05. The fraction of sp³-hybridized carbons (Fsp3) is 0.600. The highest BCUT2D eigenvalue weighted by molar-refractivity contribution is 5.24. The molecule has 1 unspecified atom stereocenters. The monoisotopic (exact) mass is 345 g/mol. The predicted molar refractivity (Wildman–Crippen MR) is 82.2 cm³/mol. The van der Waals surface area contributed by atoms with Crippen molar-refractivity contribution in [2.24, 2.45) is 14.1 Å². The Hall–Kier alpha value is -1.87. The number of aryl methyl sites for hydroxylation is 3. The van der Waals surface area contributed by atoms with Crippen molar-refractivity contribution in [1.82, 2.24) is 24.6 Å². The van der Waals surface area contributed by atoms with Gasteiger partial charge in [-0.2, -0.15) is 18.3 Å². The molecule has 0 fully saturated rings. The largest absolute Gasteiger partial charge is 0.424 e. The van der Waals surface area contributed by atoms with Crippen LogP contribution in [0.2, 0.25) is 0 Å². The van der Waals surface area contributed by atoms with Crippen LogP contribution in [0.5, 0.6) is 0 Å². The topological polar surface area (TPSA) is 67.9 Å². The molecule has 9 heteroatoms. The minimum atomic E-state index is -4.81. The van der Waals surface area contributed by atoms with Crippen molar-refractivity contribution in [1.29, 1.82) is 0 Å². The molecule has 0 spiro atoms. The second-order valence-electron chi connectivity index (χ2n) is 5.92. The molecular weight excluding hydrogens is 323 g/mol. The highest BCUT2D eigenvalue weighted by atomic mass is 19.4. The molecule has 0 bridgehead atoms. The van der Waals surface area contributed by atoms with Crippen LogP contribution in [0, 0.1) is 13.8 Å². The summed E-state index contributed by atoms with van der Waals surface area (Å²) in [6.07, 6.45) is -2.72. The zero-order valence-corrected chi connectivity index (χ0v) is 14.1. The average Bonchev–Trinajstić information content (AvgIpc) is 3.00. The molecule has 2 heterocycles. The maximum absolute atomic E-state index is 13.4. The quantitative estimate of drug-likeness (QED) is 0.782. The van der Waals surface area contributed by atoms with Gasteiger partial charge in [-0.05, 0) is 20.4 Å². The Morgan fingerprint density at radius 2 is 1.92 bits per heavy atom. The second-order valence-corrected chi connectivity index (χ2v) is 5.92. The minimum Gasteiger partial charge on any atom is -0.374 e. The minimum absolute atomic E-state index is 0.0172. The van der Waals surface area contributed by atoms with Crippen molar-refractivity contribution in [3.63, 3.8) is 0 Å². The first-order valence-corrected chi connectivity index (χ1v) is 7.54. The third-order valence-corrected chi connectivity index (χ3v) is 4.28. The SMILES string of the molecule is Cc1nn(C)c(C)c1CNCCC(O)(c1nccn1C)C(F)(F)F. The van der Waals surface area contributed by atoms with Crippen molar-refractivity contribution in [3.8, 4) is 0 Å². The summed E-state index contributed by atoms with van der Waals surface area (Å²) in [6.45, 7) is 4.12. The molecule has 0 aliphatic rings. The zero-order valence-electron chi connectivity index (χ0n) is 14.1. The van der Waals surface area contributed by atoms with Gasteiger partial charge in [0.25, 0.3) is 0 Å². The molecule has 2 aromatic rings. The number of nitrogens with zero attached hydrogens (tertiary/aromatic N) is 4. The van der Waals surface area contributed by atoms with Gasteiger partial charge >= 0.3 is 6.18 Å². The smallest absolute Gasteiger partial charge is 0.374 e. The summed E-state index contributed by atoms with van der Waals surface area (Å²) in [4.78, 5) is 3.67. The van der Waals surface area contributed by atoms with E-state index in [-0.39, 0.29) is 6.54 Å². The molecule has 0 saturated heterocycles. The lowest BCUT2D eigenvalue weighted by atomic mass is 9.97. The van der Waals surface area contributed by atoms with E-state index in [2.05, 4.69) is 15.4 Å². The molecule has 2 rings (SSSR count). The number of aliphatic hydroxyl groups is 1. The number of hydrogen-bond acceptors (Lipinski definition) is 4. The van der Waals surface area contributed by atoms with Gasteiger partial charge in [-0.25, -0.2) is 4.98 Å². The summed E-state index contributed by atoms with van der Waals surface area (Å²) in [7, 11) is 3.24. The molecular formula is C15H22F3N5O. The van der Waals surface area contributed by atoms with Gasteiger partial charge < -0.3 is 15.0 Å². The molecule has 24 heavy (non-hydrogen) atoms. The normalized spacial score (nSPS) is 14.8. The maximum Gasteiger partial charge on any atom is 0.424 e. The zero-order chi connectivity index (χ0) is 18.1. The Bertz CT molecular complexity index is 707. The summed E-state index contributed by atoms with van der Waals surface area (Å²) in [6, 6.07) is 0. The van der Waals surface area contributed by atoms with Crippen LogP contribution in [0.1, 0.15) is 29.2 Å². The maximum atomic E-state index is 13.4. The second kappa shape index (κ2) is 6.56. The fourth-order valence-electron chi connectivity index (χ4n) is 2.70. The van der Waals surface area contributed by atoms with Crippen molar-refractivity contribution < 1.29 is 18.3 Å². The predicted octanol–water partition coefficient (Wildman–Crippen LogP) is 1.70. The number of hydrogen-bond donors (Lipinski definition) is 2. The lowest BCUT2D eigenvalue weighted by Crippen LogP contribution is -2.46. The molecule has 0 amide bonds. The number of alkyl halides is 3. The summed E-state index contributed by atoms with van der Waals surface area (Å²) in [5.74, 6) is -0.412. The lowest BCUT2D eigenvalue weighted by Gasteiger charge is -2.30. The molecule has 2 N–H and O–H groups in total. The molecule has 6 nitrogen and oxygen atoms in total. The van der Waals surface area contributed by atoms with Gasteiger partial charge in [0.2, 0.25) is 5.60 Å². The van der Waals surface area contributed by atoms with Gasteiger partial charge in [0.1, 0.15) is 5.82 Å². The van der Waals surface area contributed by atoms with Crippen LogP contribution < -0.4 is 5.32 Å². The van der Waals surface area contributed by atoms with Gasteiger partial charge in [-0.15, -0.1) is 0 Å². The molecule has 134 valence electrons. The fourth-order valence-corrected chi connectivity index (χ4v) is 2.70. The van der Waals surface area contributed by atoms with Crippen LogP contribution in [0.15, 0.2) is 12.4 Å². The van der Waals surface area contributed by atoms with Crippen molar-refractivity contribution in [3.05, 3.63) is 35.2 Å². The van der Waals surface area contributed by atoms with E-state index in [9.17, 15) is 18.3 Å². The van der Waals surface area contributed by atoms with E-state index in [1.165, 1.54) is 24.0 Å². The van der Waals surface area contributed by atoms with Crippen LogP contribution in [0.25, 0.3) is 0 Å². The number of nitrogens with one attached hydrogen (secondary N) is 1. The van der Waals surface area contributed by atoms with E-state index >= 15 is 0 Å². The van der Waals surface area contributed by atoms with E-state index < -0.39 is 24.0 Å². The number of imidazole rings is 1. The first-order chi connectivity index (χ1) is 11.1. The summed E-state index contributed by atoms with van der Waals surface area (Å²) in [5.41, 5.74) is -0.255. The Balaban J connectivity index is 2.06. The lowest BCUT2D eigenvalue weighted by molar-refractivity contribution is -0.272.